The lowest BCUT2D eigenvalue weighted by Gasteiger charge is -2.06. The minimum absolute atomic E-state index is 0.119. The molecule has 0 amide bonds. The summed E-state index contributed by atoms with van der Waals surface area (Å²) in [6.07, 6.45) is 0. The highest BCUT2D eigenvalue weighted by molar-refractivity contribution is 6.01. The molecule has 0 radical (unpaired) electrons. The first-order chi connectivity index (χ1) is 10.6. The van der Waals surface area contributed by atoms with Gasteiger partial charge in [-0.3, -0.25) is 0 Å². The third-order valence-electron chi connectivity index (χ3n) is 3.29. The normalized spacial score (nSPS) is 10.8. The number of hydrogen-bond acceptors (Lipinski definition) is 5. The van der Waals surface area contributed by atoms with Gasteiger partial charge in [0.15, 0.2) is 11.5 Å². The molecular formula is C16H16N4O2. The number of hydrogen-bond donors (Lipinski definition) is 1. The molecule has 0 bridgehead atoms. The van der Waals surface area contributed by atoms with Crippen LogP contribution in [-0.2, 0) is 4.74 Å². The number of aryl methyl sites for hydroxylation is 1. The second kappa shape index (κ2) is 5.48. The van der Waals surface area contributed by atoms with Gasteiger partial charge in [-0.1, -0.05) is 30.3 Å². The fraction of sp³-hybridized carbons (Fsp3) is 0.188. The lowest BCUT2D eigenvalue weighted by atomic mass is 10.1. The molecule has 6 nitrogen and oxygen atoms in total. The number of aromatic nitrogens is 3. The number of rotatable bonds is 3. The molecule has 0 aliphatic carbocycles. The van der Waals surface area contributed by atoms with Crippen LogP contribution in [0, 0.1) is 6.92 Å². The molecule has 3 rings (SSSR count). The summed E-state index contributed by atoms with van der Waals surface area (Å²) in [5.74, 6) is -0.388. The quantitative estimate of drug-likeness (QED) is 0.751. The Morgan fingerprint density at radius 1 is 1.32 bits per heavy atom. The number of fused-ring (bicyclic) bond motifs is 1. The summed E-state index contributed by atoms with van der Waals surface area (Å²) >= 11 is 0. The zero-order valence-electron chi connectivity index (χ0n) is 12.4. The highest BCUT2D eigenvalue weighted by Crippen LogP contribution is 2.25. The maximum Gasteiger partial charge on any atom is 0.345 e. The van der Waals surface area contributed by atoms with Crippen LogP contribution >= 0.6 is 0 Å². The van der Waals surface area contributed by atoms with Crippen molar-refractivity contribution in [1.82, 2.24) is 14.6 Å². The van der Waals surface area contributed by atoms with E-state index in [4.69, 9.17) is 10.5 Å². The SMILES string of the molecule is CCOC(=O)c1c(N)nn2c(-c3ccccc3)cc(C)nc12. The van der Waals surface area contributed by atoms with Gasteiger partial charge in [0, 0.05) is 11.3 Å². The van der Waals surface area contributed by atoms with Gasteiger partial charge in [0.25, 0.3) is 0 Å². The number of nitrogens with zero attached hydrogens (tertiary/aromatic N) is 3. The van der Waals surface area contributed by atoms with E-state index in [-0.39, 0.29) is 18.0 Å². The van der Waals surface area contributed by atoms with Crippen LogP contribution in [0.2, 0.25) is 0 Å². The van der Waals surface area contributed by atoms with E-state index in [1.165, 1.54) is 0 Å². The lowest BCUT2D eigenvalue weighted by Crippen LogP contribution is -2.07. The highest BCUT2D eigenvalue weighted by Gasteiger charge is 2.22. The largest absolute Gasteiger partial charge is 0.462 e. The topological polar surface area (TPSA) is 82.5 Å². The minimum Gasteiger partial charge on any atom is -0.462 e. The molecule has 1 aromatic carbocycles. The first kappa shape index (κ1) is 14.1. The van der Waals surface area contributed by atoms with E-state index in [1.807, 2.05) is 43.3 Å². The van der Waals surface area contributed by atoms with Gasteiger partial charge in [-0.05, 0) is 19.9 Å². The van der Waals surface area contributed by atoms with Gasteiger partial charge in [0.2, 0.25) is 0 Å². The number of anilines is 1. The Bertz CT molecular complexity index is 840. The summed E-state index contributed by atoms with van der Waals surface area (Å²) in [4.78, 5) is 16.5. The van der Waals surface area contributed by atoms with Gasteiger partial charge < -0.3 is 10.5 Å². The Morgan fingerprint density at radius 3 is 2.73 bits per heavy atom. The van der Waals surface area contributed by atoms with E-state index >= 15 is 0 Å². The molecule has 0 unspecified atom stereocenters. The molecule has 3 aromatic rings. The van der Waals surface area contributed by atoms with Crippen molar-refractivity contribution in [2.75, 3.05) is 12.3 Å². The number of esters is 1. The van der Waals surface area contributed by atoms with Crippen LogP contribution in [0.15, 0.2) is 36.4 Å². The van der Waals surface area contributed by atoms with Gasteiger partial charge in [-0.15, -0.1) is 5.10 Å². The smallest absolute Gasteiger partial charge is 0.345 e. The predicted octanol–water partition coefficient (Wildman–Crippen LogP) is 2.46. The number of carbonyl (C=O) groups is 1. The van der Waals surface area contributed by atoms with Crippen LogP contribution in [0.25, 0.3) is 16.9 Å². The van der Waals surface area contributed by atoms with Crippen LogP contribution in [0.1, 0.15) is 23.0 Å². The molecular weight excluding hydrogens is 280 g/mol. The van der Waals surface area contributed by atoms with Crippen molar-refractivity contribution in [1.29, 1.82) is 0 Å². The second-order valence-electron chi connectivity index (χ2n) is 4.86. The molecule has 0 spiro atoms. The van der Waals surface area contributed by atoms with Crippen molar-refractivity contribution >= 4 is 17.4 Å². The van der Waals surface area contributed by atoms with Crippen molar-refractivity contribution < 1.29 is 9.53 Å². The summed E-state index contributed by atoms with van der Waals surface area (Å²) in [7, 11) is 0. The maximum atomic E-state index is 12.1. The first-order valence-corrected chi connectivity index (χ1v) is 7.00. The van der Waals surface area contributed by atoms with E-state index in [0.717, 1.165) is 17.0 Å². The van der Waals surface area contributed by atoms with Gasteiger partial charge in [-0.25, -0.2) is 14.3 Å². The van der Waals surface area contributed by atoms with Crippen molar-refractivity contribution in [3.05, 3.63) is 47.7 Å². The second-order valence-corrected chi connectivity index (χ2v) is 4.86. The summed E-state index contributed by atoms with van der Waals surface area (Å²) in [6, 6.07) is 11.7. The molecule has 2 aromatic heterocycles. The Balaban J connectivity index is 2.29. The summed E-state index contributed by atoms with van der Waals surface area (Å²) in [6.45, 7) is 3.88. The minimum atomic E-state index is -0.507. The van der Waals surface area contributed by atoms with Gasteiger partial charge in [0.05, 0.1) is 12.3 Å². The molecule has 0 fully saturated rings. The highest BCUT2D eigenvalue weighted by atomic mass is 16.5. The molecule has 22 heavy (non-hydrogen) atoms. The van der Waals surface area contributed by atoms with Crippen LogP contribution in [-0.4, -0.2) is 27.2 Å². The predicted molar refractivity (Wildman–Crippen MR) is 83.5 cm³/mol. The zero-order valence-corrected chi connectivity index (χ0v) is 12.4. The van der Waals surface area contributed by atoms with Gasteiger partial charge >= 0.3 is 5.97 Å². The molecule has 0 saturated heterocycles. The first-order valence-electron chi connectivity index (χ1n) is 7.00. The van der Waals surface area contributed by atoms with E-state index in [1.54, 1.807) is 11.4 Å². The molecule has 2 heterocycles. The Labute approximate surface area is 127 Å². The van der Waals surface area contributed by atoms with E-state index in [9.17, 15) is 4.79 Å². The number of ether oxygens (including phenoxy) is 1. The van der Waals surface area contributed by atoms with Crippen molar-refractivity contribution in [3.8, 4) is 11.3 Å². The molecule has 0 aliphatic heterocycles. The fourth-order valence-corrected chi connectivity index (χ4v) is 2.37. The van der Waals surface area contributed by atoms with Crippen LogP contribution in [0.4, 0.5) is 5.82 Å². The molecule has 112 valence electrons. The number of nitrogens with two attached hydrogens (primary N) is 1. The van der Waals surface area contributed by atoms with Crippen molar-refractivity contribution in [2.45, 2.75) is 13.8 Å². The Morgan fingerprint density at radius 2 is 2.05 bits per heavy atom. The molecule has 0 saturated carbocycles. The van der Waals surface area contributed by atoms with Crippen LogP contribution in [0.5, 0.6) is 0 Å². The van der Waals surface area contributed by atoms with E-state index in [2.05, 4.69) is 10.1 Å². The lowest BCUT2D eigenvalue weighted by molar-refractivity contribution is 0.0529. The molecule has 0 aliphatic rings. The third-order valence-corrected chi connectivity index (χ3v) is 3.29. The average molecular weight is 296 g/mol. The Kier molecular flexibility index (Phi) is 3.50. The number of benzene rings is 1. The standard InChI is InChI=1S/C16H16N4O2/c1-3-22-16(21)13-14(17)19-20-12(9-10(2)18-15(13)20)11-7-5-4-6-8-11/h4-9H,3H2,1-2H3,(H2,17,19). The zero-order chi connectivity index (χ0) is 15.7. The average Bonchev–Trinajstić information content (AvgIpc) is 2.83. The Hall–Kier alpha value is -2.89. The van der Waals surface area contributed by atoms with Crippen LogP contribution in [0.3, 0.4) is 0 Å². The summed E-state index contributed by atoms with van der Waals surface area (Å²) in [5.41, 5.74) is 9.10. The number of nitrogen functional groups attached to an aromatic ring is 1. The van der Waals surface area contributed by atoms with Gasteiger partial charge in [-0.2, -0.15) is 0 Å². The third kappa shape index (κ3) is 2.28. The molecule has 2 N–H and O–H groups in total. The summed E-state index contributed by atoms with van der Waals surface area (Å²) < 4.78 is 6.64. The molecule has 6 heteroatoms. The van der Waals surface area contributed by atoms with Crippen molar-refractivity contribution in [2.24, 2.45) is 0 Å². The monoisotopic (exact) mass is 296 g/mol. The fourth-order valence-electron chi connectivity index (χ4n) is 2.37. The molecule has 0 atom stereocenters. The van der Waals surface area contributed by atoms with Crippen LogP contribution < -0.4 is 5.73 Å². The summed E-state index contributed by atoms with van der Waals surface area (Å²) in [5, 5.41) is 4.26. The maximum absolute atomic E-state index is 12.1. The van der Waals surface area contributed by atoms with E-state index in [0.29, 0.717) is 5.65 Å². The number of carbonyl (C=O) groups excluding carboxylic acids is 1. The van der Waals surface area contributed by atoms with Gasteiger partial charge in [0.1, 0.15) is 5.56 Å². The van der Waals surface area contributed by atoms with Crippen molar-refractivity contribution in [3.63, 3.8) is 0 Å². The van der Waals surface area contributed by atoms with E-state index < -0.39 is 5.97 Å².